The van der Waals surface area contributed by atoms with Crippen LogP contribution >= 0.6 is 11.8 Å². The Labute approximate surface area is 188 Å². The number of hydrogen-bond acceptors (Lipinski definition) is 5. The van der Waals surface area contributed by atoms with Crippen LogP contribution in [0.1, 0.15) is 48.7 Å². The van der Waals surface area contributed by atoms with Crippen LogP contribution in [-0.4, -0.2) is 26.5 Å². The minimum absolute atomic E-state index is 0.102. The maximum atomic E-state index is 13.8. The van der Waals surface area contributed by atoms with Gasteiger partial charge in [-0.3, -0.25) is 4.79 Å². The predicted octanol–water partition coefficient (Wildman–Crippen LogP) is 6.73. The third-order valence-corrected chi connectivity index (χ3v) is 11.5. The highest BCUT2D eigenvalue weighted by Crippen LogP contribution is 2.40. The summed E-state index contributed by atoms with van der Waals surface area (Å²) in [5.74, 6) is 1.13. The molecule has 0 N–H and O–H groups in total. The van der Waals surface area contributed by atoms with Crippen LogP contribution in [0.5, 0.6) is 11.5 Å². The highest BCUT2D eigenvalue weighted by molar-refractivity contribution is 7.99. The lowest BCUT2D eigenvalue weighted by Crippen LogP contribution is -2.41. The zero-order valence-corrected chi connectivity index (χ0v) is 20.5. The molecule has 1 aliphatic rings. The maximum Gasteiger partial charge on any atom is 0.192 e. The van der Waals surface area contributed by atoms with Crippen molar-refractivity contribution in [3.63, 3.8) is 0 Å². The van der Waals surface area contributed by atoms with Crippen molar-refractivity contribution in [1.29, 1.82) is 5.26 Å². The van der Waals surface area contributed by atoms with Crippen molar-refractivity contribution >= 4 is 25.9 Å². The van der Waals surface area contributed by atoms with E-state index in [0.29, 0.717) is 30.8 Å². The van der Waals surface area contributed by atoms with Crippen molar-refractivity contribution in [1.82, 2.24) is 0 Å². The van der Waals surface area contributed by atoms with Crippen molar-refractivity contribution in [2.45, 2.75) is 56.6 Å². The van der Waals surface area contributed by atoms with Gasteiger partial charge in [0, 0.05) is 40.9 Å². The van der Waals surface area contributed by atoms with Crippen LogP contribution in [0, 0.1) is 17.1 Å². The van der Waals surface area contributed by atoms with Crippen molar-refractivity contribution in [3.8, 4) is 17.6 Å². The van der Waals surface area contributed by atoms with E-state index < -0.39 is 14.1 Å². The highest BCUT2D eigenvalue weighted by Gasteiger charge is 2.37. The molecule has 0 saturated carbocycles. The van der Waals surface area contributed by atoms with E-state index in [1.807, 2.05) is 18.2 Å². The average molecular weight is 458 g/mol. The summed E-state index contributed by atoms with van der Waals surface area (Å²) in [6.45, 7) is 11.8. The molecule has 3 rings (SSSR count). The van der Waals surface area contributed by atoms with Crippen LogP contribution in [0.3, 0.4) is 0 Å². The lowest BCUT2D eigenvalue weighted by atomic mass is 10.1. The minimum atomic E-state index is -1.80. The number of benzene rings is 2. The number of hydrogen-bond donors (Lipinski definition) is 0. The Morgan fingerprint density at radius 2 is 1.94 bits per heavy atom. The number of carbonyl (C=O) groups excluding carboxylic acids is 1. The summed E-state index contributed by atoms with van der Waals surface area (Å²) >= 11 is 1.62. The summed E-state index contributed by atoms with van der Waals surface area (Å²) in [5.41, 5.74) is 1.74. The van der Waals surface area contributed by atoms with E-state index in [0.717, 1.165) is 22.3 Å². The van der Waals surface area contributed by atoms with Gasteiger partial charge in [-0.05, 0) is 48.8 Å². The zero-order valence-electron chi connectivity index (χ0n) is 18.7. The zero-order chi connectivity index (χ0) is 22.8. The lowest BCUT2D eigenvalue weighted by molar-refractivity contribution is 0.0992. The number of fused-ring (bicyclic) bond motifs is 1. The fraction of sp³-hybridized carbons (Fsp3) is 0.417. The number of nitriles is 1. The summed E-state index contributed by atoms with van der Waals surface area (Å²) in [6.07, 6.45) is 1.04. The highest BCUT2D eigenvalue weighted by atomic mass is 32.2. The van der Waals surface area contributed by atoms with E-state index in [-0.39, 0.29) is 22.1 Å². The van der Waals surface area contributed by atoms with Gasteiger partial charge >= 0.3 is 0 Å². The van der Waals surface area contributed by atoms with E-state index in [2.05, 4.69) is 33.9 Å². The van der Waals surface area contributed by atoms with Crippen molar-refractivity contribution in [3.05, 3.63) is 52.8 Å². The number of carbonyl (C=O) groups is 1. The van der Waals surface area contributed by atoms with Crippen LogP contribution in [0.15, 0.2) is 35.2 Å². The van der Waals surface area contributed by atoms with Gasteiger partial charge in [-0.15, -0.1) is 11.8 Å². The lowest BCUT2D eigenvalue weighted by Gasteiger charge is -2.36. The fourth-order valence-electron chi connectivity index (χ4n) is 3.22. The Morgan fingerprint density at radius 3 is 2.61 bits per heavy atom. The van der Waals surface area contributed by atoms with Crippen LogP contribution < -0.4 is 4.74 Å². The molecule has 0 aromatic heterocycles. The van der Waals surface area contributed by atoms with Crippen LogP contribution in [-0.2, 0) is 10.8 Å². The Balaban J connectivity index is 1.75. The number of ether oxygens (including phenoxy) is 1. The molecule has 0 bridgehead atoms. The van der Waals surface area contributed by atoms with Gasteiger partial charge in [-0.25, -0.2) is 4.39 Å². The molecule has 4 nitrogen and oxygen atoms in total. The van der Waals surface area contributed by atoms with E-state index in [1.54, 1.807) is 11.8 Å². The van der Waals surface area contributed by atoms with Gasteiger partial charge in [0.1, 0.15) is 17.3 Å². The molecule has 1 aliphatic carbocycles. The molecule has 0 heterocycles. The predicted molar refractivity (Wildman–Crippen MR) is 124 cm³/mol. The first-order valence-electron chi connectivity index (χ1n) is 10.4. The molecular formula is C24H28FNO3SSi. The fourth-order valence-corrected chi connectivity index (χ4v) is 5.34. The molecule has 0 aliphatic heterocycles. The van der Waals surface area contributed by atoms with E-state index in [4.69, 9.17) is 14.4 Å². The summed E-state index contributed by atoms with van der Waals surface area (Å²) in [5, 5.41) is 9.21. The summed E-state index contributed by atoms with van der Waals surface area (Å²) in [6, 6.07) is 9.53. The molecule has 2 aromatic rings. The monoisotopic (exact) mass is 457 g/mol. The first-order chi connectivity index (χ1) is 14.5. The SMILES string of the molecule is CC(C)(C)[Si](C)(C)OCCSc1ccc(Oc2cc(F)cc(C#N)c2)c2c1C(=O)CC2. The second-order valence-corrected chi connectivity index (χ2v) is 15.1. The summed E-state index contributed by atoms with van der Waals surface area (Å²) in [4.78, 5) is 13.5. The summed E-state index contributed by atoms with van der Waals surface area (Å²) < 4.78 is 25.9. The van der Waals surface area contributed by atoms with Gasteiger partial charge in [0.2, 0.25) is 0 Å². The third-order valence-electron chi connectivity index (χ3n) is 5.95. The van der Waals surface area contributed by atoms with E-state index in [9.17, 15) is 9.18 Å². The standard InChI is InChI=1S/C24H28FNO3SSi/c1-24(2,3)31(4,5)28-10-11-30-22-9-8-21(19-6-7-20(27)23(19)22)29-18-13-16(15-26)12-17(25)14-18/h8-9,12-14H,6-7,10-11H2,1-5H3. The van der Waals surface area contributed by atoms with Crippen LogP contribution in [0.2, 0.25) is 18.1 Å². The Hall–Kier alpha value is -2.14. The molecule has 0 atom stereocenters. The molecule has 0 unspecified atom stereocenters. The first-order valence-corrected chi connectivity index (χ1v) is 14.3. The van der Waals surface area contributed by atoms with Gasteiger partial charge in [-0.1, -0.05) is 20.8 Å². The largest absolute Gasteiger partial charge is 0.457 e. The topological polar surface area (TPSA) is 59.3 Å². The van der Waals surface area contributed by atoms with Gasteiger partial charge in [0.25, 0.3) is 0 Å². The molecule has 7 heteroatoms. The Morgan fingerprint density at radius 1 is 1.19 bits per heavy atom. The third kappa shape index (κ3) is 5.38. The average Bonchev–Trinajstić information content (AvgIpc) is 3.07. The number of Topliss-reactive ketones (excluding diaryl/α,β-unsaturated/α-hetero) is 1. The Kier molecular flexibility index (Phi) is 6.94. The van der Waals surface area contributed by atoms with E-state index >= 15 is 0 Å². The number of rotatable bonds is 7. The number of ketones is 1. The smallest absolute Gasteiger partial charge is 0.192 e. The van der Waals surface area contributed by atoms with Crippen LogP contribution in [0.4, 0.5) is 4.39 Å². The van der Waals surface area contributed by atoms with Crippen molar-refractivity contribution in [2.75, 3.05) is 12.4 Å². The quantitative estimate of drug-likeness (QED) is 0.262. The normalized spacial score (nSPS) is 13.8. The van der Waals surface area contributed by atoms with Gasteiger partial charge < -0.3 is 9.16 Å². The minimum Gasteiger partial charge on any atom is -0.457 e. The van der Waals surface area contributed by atoms with Crippen molar-refractivity contribution < 1.29 is 18.3 Å². The molecule has 0 spiro atoms. The van der Waals surface area contributed by atoms with E-state index in [1.165, 1.54) is 12.1 Å². The molecule has 0 radical (unpaired) electrons. The summed E-state index contributed by atoms with van der Waals surface area (Å²) in [7, 11) is -1.80. The number of halogens is 1. The van der Waals surface area contributed by atoms with Gasteiger partial charge in [0.15, 0.2) is 14.1 Å². The van der Waals surface area contributed by atoms with Gasteiger partial charge in [-0.2, -0.15) is 5.26 Å². The molecule has 0 saturated heterocycles. The maximum absolute atomic E-state index is 13.8. The first kappa shape index (κ1) is 23.5. The molecule has 164 valence electrons. The van der Waals surface area contributed by atoms with Crippen LogP contribution in [0.25, 0.3) is 0 Å². The molecule has 0 fully saturated rings. The molecule has 0 amide bonds. The second kappa shape index (κ2) is 9.15. The number of thioether (sulfide) groups is 1. The molecular weight excluding hydrogens is 429 g/mol. The number of nitrogens with zero attached hydrogens (tertiary/aromatic N) is 1. The van der Waals surface area contributed by atoms with Gasteiger partial charge in [0.05, 0.1) is 11.6 Å². The van der Waals surface area contributed by atoms with Crippen molar-refractivity contribution in [2.24, 2.45) is 0 Å². The second-order valence-electron chi connectivity index (χ2n) is 9.19. The molecule has 31 heavy (non-hydrogen) atoms. The Bertz CT molecular complexity index is 1040. The molecule has 2 aromatic carbocycles.